The fourth-order valence-electron chi connectivity index (χ4n) is 1.94. The summed E-state index contributed by atoms with van der Waals surface area (Å²) in [6, 6.07) is 0. The second-order valence-corrected chi connectivity index (χ2v) is 3.71. The van der Waals surface area contributed by atoms with Gasteiger partial charge >= 0.3 is 0 Å². The third kappa shape index (κ3) is 1.92. The molecule has 1 aliphatic rings. The van der Waals surface area contributed by atoms with E-state index in [1.807, 2.05) is 0 Å². The summed E-state index contributed by atoms with van der Waals surface area (Å²) >= 11 is 0. The Bertz CT molecular complexity index is 181. The van der Waals surface area contributed by atoms with Crippen LogP contribution < -0.4 is 0 Å². The molecule has 1 nitrogen and oxygen atoms in total. The van der Waals surface area contributed by atoms with Gasteiger partial charge in [-0.25, -0.2) is 0 Å². The molecule has 0 N–H and O–H groups in total. The maximum Gasteiger partial charge on any atom is 0.133 e. The first kappa shape index (κ1) is 8.51. The number of ketones is 1. The van der Waals surface area contributed by atoms with Crippen molar-refractivity contribution in [1.29, 1.82) is 0 Å². The summed E-state index contributed by atoms with van der Waals surface area (Å²) in [5.74, 6) is 1.54. The summed E-state index contributed by atoms with van der Waals surface area (Å²) in [5.41, 5.74) is 1.24. The van der Waals surface area contributed by atoms with Gasteiger partial charge in [0.05, 0.1) is 0 Å². The van der Waals surface area contributed by atoms with Crippen LogP contribution in [-0.2, 0) is 4.79 Å². The van der Waals surface area contributed by atoms with E-state index >= 15 is 0 Å². The largest absolute Gasteiger partial charge is 0.300 e. The molecular formula is C10H16O. The number of hydrogen-bond donors (Lipinski definition) is 0. The van der Waals surface area contributed by atoms with E-state index in [-0.39, 0.29) is 0 Å². The first-order chi connectivity index (χ1) is 5.11. The molecule has 0 aromatic heterocycles. The zero-order chi connectivity index (χ0) is 8.43. The minimum absolute atomic E-state index is 0.426. The van der Waals surface area contributed by atoms with Gasteiger partial charge in [-0.15, -0.1) is 0 Å². The van der Waals surface area contributed by atoms with Crippen molar-refractivity contribution in [3.8, 4) is 0 Å². The molecule has 62 valence electrons. The highest BCUT2D eigenvalue weighted by Gasteiger charge is 2.25. The van der Waals surface area contributed by atoms with E-state index in [0.717, 1.165) is 19.3 Å². The molecule has 1 fully saturated rings. The topological polar surface area (TPSA) is 17.1 Å². The molecule has 11 heavy (non-hydrogen) atoms. The Morgan fingerprint density at radius 3 is 2.73 bits per heavy atom. The van der Waals surface area contributed by atoms with Gasteiger partial charge in [0.1, 0.15) is 5.78 Å². The van der Waals surface area contributed by atoms with Crippen molar-refractivity contribution in [2.24, 2.45) is 11.8 Å². The number of carbonyl (C=O) groups is 1. The van der Waals surface area contributed by atoms with Gasteiger partial charge in [-0.05, 0) is 25.2 Å². The maximum absolute atomic E-state index is 11.0. The van der Waals surface area contributed by atoms with E-state index in [2.05, 4.69) is 20.4 Å². The second-order valence-electron chi connectivity index (χ2n) is 3.71. The van der Waals surface area contributed by atoms with Crippen molar-refractivity contribution in [1.82, 2.24) is 0 Å². The quantitative estimate of drug-likeness (QED) is 0.528. The van der Waals surface area contributed by atoms with E-state index in [1.165, 1.54) is 5.57 Å². The van der Waals surface area contributed by atoms with Crippen LogP contribution in [0.25, 0.3) is 0 Å². The zero-order valence-corrected chi connectivity index (χ0v) is 7.39. The minimum atomic E-state index is 0.426. The summed E-state index contributed by atoms with van der Waals surface area (Å²) in [6.45, 7) is 8.16. The predicted octanol–water partition coefficient (Wildman–Crippen LogP) is 2.57. The van der Waals surface area contributed by atoms with Crippen molar-refractivity contribution in [2.75, 3.05) is 0 Å². The van der Waals surface area contributed by atoms with Crippen LogP contribution in [0.4, 0.5) is 0 Å². The molecule has 0 heterocycles. The van der Waals surface area contributed by atoms with Gasteiger partial charge in [-0.2, -0.15) is 0 Å². The van der Waals surface area contributed by atoms with Crippen molar-refractivity contribution < 1.29 is 4.79 Å². The van der Waals surface area contributed by atoms with Gasteiger partial charge in [0.25, 0.3) is 0 Å². The summed E-state index contributed by atoms with van der Waals surface area (Å²) in [7, 11) is 0. The fraction of sp³-hybridized carbons (Fsp3) is 0.700. The van der Waals surface area contributed by atoms with Crippen LogP contribution in [0.3, 0.4) is 0 Å². The van der Waals surface area contributed by atoms with Gasteiger partial charge in [0, 0.05) is 12.8 Å². The molecule has 0 aromatic rings. The first-order valence-electron chi connectivity index (χ1n) is 4.28. The third-order valence-corrected chi connectivity index (χ3v) is 2.60. The maximum atomic E-state index is 11.0. The molecule has 0 aliphatic heterocycles. The Balaban J connectivity index is 2.57. The molecule has 0 amide bonds. The van der Waals surface area contributed by atoms with E-state index in [4.69, 9.17) is 0 Å². The smallest absolute Gasteiger partial charge is 0.133 e. The number of carbonyl (C=O) groups excluding carboxylic acids is 1. The van der Waals surface area contributed by atoms with Crippen LogP contribution in [-0.4, -0.2) is 5.78 Å². The highest BCUT2D eigenvalue weighted by molar-refractivity contribution is 5.79. The van der Waals surface area contributed by atoms with E-state index in [9.17, 15) is 4.79 Å². The number of Topliss-reactive ketones (excluding diaryl/α,β-unsaturated/α-hetero) is 1. The van der Waals surface area contributed by atoms with Crippen molar-refractivity contribution in [2.45, 2.75) is 33.1 Å². The lowest BCUT2D eigenvalue weighted by atomic mass is 9.76. The van der Waals surface area contributed by atoms with Crippen molar-refractivity contribution in [3.05, 3.63) is 12.2 Å². The highest BCUT2D eigenvalue weighted by atomic mass is 16.1. The molecule has 0 saturated heterocycles. The lowest BCUT2D eigenvalue weighted by molar-refractivity contribution is -0.122. The average Bonchev–Trinajstić information content (AvgIpc) is 1.85. The van der Waals surface area contributed by atoms with Crippen LogP contribution in [0.2, 0.25) is 0 Å². The van der Waals surface area contributed by atoms with Crippen molar-refractivity contribution >= 4 is 5.78 Å². The predicted molar refractivity (Wildman–Crippen MR) is 46.3 cm³/mol. The Hall–Kier alpha value is -0.590. The molecule has 1 saturated carbocycles. The summed E-state index contributed by atoms with van der Waals surface area (Å²) in [6.07, 6.45) is 2.55. The van der Waals surface area contributed by atoms with Gasteiger partial charge in [-0.3, -0.25) is 4.79 Å². The van der Waals surface area contributed by atoms with Gasteiger partial charge in [0.2, 0.25) is 0 Å². The minimum Gasteiger partial charge on any atom is -0.300 e. The van der Waals surface area contributed by atoms with Gasteiger partial charge < -0.3 is 0 Å². The Morgan fingerprint density at radius 2 is 2.27 bits per heavy atom. The van der Waals surface area contributed by atoms with Crippen LogP contribution in [0.1, 0.15) is 33.1 Å². The van der Waals surface area contributed by atoms with Crippen molar-refractivity contribution in [3.63, 3.8) is 0 Å². The third-order valence-electron chi connectivity index (χ3n) is 2.60. The summed E-state index contributed by atoms with van der Waals surface area (Å²) in [4.78, 5) is 11.0. The Kier molecular flexibility index (Phi) is 2.48. The van der Waals surface area contributed by atoms with E-state index in [0.29, 0.717) is 17.6 Å². The highest BCUT2D eigenvalue weighted by Crippen LogP contribution is 2.31. The van der Waals surface area contributed by atoms with Crippen LogP contribution in [0.5, 0.6) is 0 Å². The molecule has 0 spiro atoms. The Morgan fingerprint density at radius 1 is 1.64 bits per heavy atom. The first-order valence-corrected chi connectivity index (χ1v) is 4.28. The molecule has 0 bridgehead atoms. The SMILES string of the molecule is C=C(C)[C@@H]1CCC(=O)C[C@@H]1C. The van der Waals surface area contributed by atoms with E-state index in [1.54, 1.807) is 0 Å². The van der Waals surface area contributed by atoms with Crippen LogP contribution in [0, 0.1) is 11.8 Å². The second kappa shape index (κ2) is 3.21. The van der Waals surface area contributed by atoms with Crippen LogP contribution in [0.15, 0.2) is 12.2 Å². The summed E-state index contributed by atoms with van der Waals surface area (Å²) in [5, 5.41) is 0. The molecule has 0 radical (unpaired) electrons. The standard InChI is InChI=1S/C10H16O/c1-7(2)10-5-4-9(11)6-8(10)3/h8,10H,1,4-6H2,2-3H3/t8-,10-/m0/s1. The number of rotatable bonds is 1. The molecule has 1 aliphatic carbocycles. The lowest BCUT2D eigenvalue weighted by Gasteiger charge is -2.28. The van der Waals surface area contributed by atoms with Crippen LogP contribution >= 0.6 is 0 Å². The summed E-state index contributed by atoms with van der Waals surface area (Å²) < 4.78 is 0. The Labute approximate surface area is 68.5 Å². The lowest BCUT2D eigenvalue weighted by Crippen LogP contribution is -2.23. The van der Waals surface area contributed by atoms with Gasteiger partial charge in [-0.1, -0.05) is 19.1 Å². The zero-order valence-electron chi connectivity index (χ0n) is 7.39. The monoisotopic (exact) mass is 152 g/mol. The molecule has 2 atom stereocenters. The van der Waals surface area contributed by atoms with E-state index < -0.39 is 0 Å². The number of hydrogen-bond acceptors (Lipinski definition) is 1. The normalized spacial score (nSPS) is 32.0. The average molecular weight is 152 g/mol. The fourth-order valence-corrected chi connectivity index (χ4v) is 1.94. The molecule has 1 heteroatoms. The molecule has 1 rings (SSSR count). The molecular weight excluding hydrogens is 136 g/mol. The molecule has 0 aromatic carbocycles. The molecule has 0 unspecified atom stereocenters. The van der Waals surface area contributed by atoms with Gasteiger partial charge in [0.15, 0.2) is 0 Å². The number of allylic oxidation sites excluding steroid dienone is 1.